The summed E-state index contributed by atoms with van der Waals surface area (Å²) in [5.74, 6) is -2.70. The molecule has 6 rings (SSSR count). The van der Waals surface area contributed by atoms with Crippen molar-refractivity contribution < 1.29 is 22.7 Å². The topological polar surface area (TPSA) is 41.6 Å². The molecule has 0 saturated carbocycles. The molecule has 0 spiro atoms. The molecule has 1 amide bonds. The third-order valence-electron chi connectivity index (χ3n) is 6.93. The first kappa shape index (κ1) is 20.4. The third kappa shape index (κ3) is 4.03. The van der Waals surface area contributed by atoms with E-state index in [1.54, 1.807) is 12.1 Å². The maximum absolute atomic E-state index is 14.3. The highest BCUT2D eigenvalue weighted by Gasteiger charge is 2.37. The van der Waals surface area contributed by atoms with E-state index in [1.165, 1.54) is 0 Å². The number of halogens is 3. The van der Waals surface area contributed by atoms with E-state index in [0.717, 1.165) is 68.9 Å². The van der Waals surface area contributed by atoms with Crippen molar-refractivity contribution in [2.75, 3.05) is 19.6 Å². The average Bonchev–Trinajstić information content (AvgIpc) is 2.77. The highest BCUT2D eigenvalue weighted by Crippen LogP contribution is 2.35. The molecule has 3 saturated heterocycles. The molecule has 1 unspecified atom stereocenters. The lowest BCUT2D eigenvalue weighted by atomic mass is 9.85. The molecule has 164 valence electrons. The smallest absolute Gasteiger partial charge is 0.407 e. The fourth-order valence-electron chi connectivity index (χ4n) is 5.22. The summed E-state index contributed by atoms with van der Waals surface area (Å²) in [6.45, 7) is 2.94. The highest BCUT2D eigenvalue weighted by atomic mass is 19.2. The molecule has 2 aromatic carbocycles. The number of alkyl carbamates (subject to hydrolysis) is 1. The minimum absolute atomic E-state index is 0.000815. The number of benzene rings is 2. The van der Waals surface area contributed by atoms with E-state index >= 15 is 0 Å². The van der Waals surface area contributed by atoms with Crippen molar-refractivity contribution in [1.82, 2.24) is 10.2 Å². The summed E-state index contributed by atoms with van der Waals surface area (Å²) in [6.07, 6.45) is 4.13. The molecule has 4 nitrogen and oxygen atoms in total. The van der Waals surface area contributed by atoms with Crippen LogP contribution in [-0.4, -0.2) is 36.7 Å². The number of piperidine rings is 3. The fraction of sp³-hybridized carbons (Fsp3) is 0.458. The zero-order chi connectivity index (χ0) is 21.5. The number of carbonyl (C=O) groups is 1. The van der Waals surface area contributed by atoms with Gasteiger partial charge in [-0.25, -0.2) is 18.0 Å². The Balaban J connectivity index is 1.35. The zero-order valence-electron chi connectivity index (χ0n) is 17.2. The Hall–Kier alpha value is -2.54. The number of rotatable bonds is 3. The zero-order valence-corrected chi connectivity index (χ0v) is 17.2. The molecule has 0 radical (unpaired) electrons. The molecule has 1 aliphatic carbocycles. The highest BCUT2D eigenvalue weighted by molar-refractivity contribution is 5.70. The number of fused-ring (bicyclic) bond motifs is 4. The maximum Gasteiger partial charge on any atom is 0.407 e. The first-order valence-electron chi connectivity index (χ1n) is 10.9. The Morgan fingerprint density at radius 3 is 2.52 bits per heavy atom. The van der Waals surface area contributed by atoms with E-state index in [9.17, 15) is 18.0 Å². The SMILES string of the molecule is O=C(NC1CCCc2ccc(-c3cc(F)c(F)cc3F)cc21)O[C@@H]1CN2CCC1CC2. The summed E-state index contributed by atoms with van der Waals surface area (Å²) in [5.41, 5.74) is 2.39. The molecule has 7 heteroatoms. The van der Waals surface area contributed by atoms with Crippen LogP contribution in [0.25, 0.3) is 11.1 Å². The number of hydrogen-bond donors (Lipinski definition) is 1. The Bertz CT molecular complexity index is 1000. The number of hydrogen-bond acceptors (Lipinski definition) is 3. The Morgan fingerprint density at radius 1 is 1.00 bits per heavy atom. The molecule has 2 aromatic rings. The fourth-order valence-corrected chi connectivity index (χ4v) is 5.22. The van der Waals surface area contributed by atoms with Crippen LogP contribution in [0.4, 0.5) is 18.0 Å². The largest absolute Gasteiger partial charge is 0.445 e. The van der Waals surface area contributed by atoms with Crippen LogP contribution in [0.1, 0.15) is 42.9 Å². The van der Waals surface area contributed by atoms with Gasteiger partial charge in [-0.1, -0.05) is 12.1 Å². The van der Waals surface area contributed by atoms with E-state index in [-0.39, 0.29) is 17.7 Å². The summed E-state index contributed by atoms with van der Waals surface area (Å²) in [5, 5.41) is 2.99. The lowest BCUT2D eigenvalue weighted by molar-refractivity contribution is -0.0340. The first-order chi connectivity index (χ1) is 15.0. The van der Waals surface area contributed by atoms with Crippen molar-refractivity contribution >= 4 is 6.09 Å². The molecule has 2 bridgehead atoms. The maximum atomic E-state index is 14.3. The second-order valence-corrected chi connectivity index (χ2v) is 8.83. The number of amides is 1. The summed E-state index contributed by atoms with van der Waals surface area (Å²) < 4.78 is 47.1. The van der Waals surface area contributed by atoms with Crippen LogP contribution in [0.5, 0.6) is 0 Å². The Labute approximate surface area is 179 Å². The van der Waals surface area contributed by atoms with Crippen molar-refractivity contribution in [3.05, 3.63) is 58.9 Å². The van der Waals surface area contributed by atoms with Crippen molar-refractivity contribution in [2.24, 2.45) is 5.92 Å². The van der Waals surface area contributed by atoms with Crippen LogP contribution in [0.3, 0.4) is 0 Å². The molecule has 3 aliphatic heterocycles. The van der Waals surface area contributed by atoms with Crippen LogP contribution in [-0.2, 0) is 11.2 Å². The lowest BCUT2D eigenvalue weighted by Crippen LogP contribution is -2.52. The second kappa shape index (κ2) is 8.19. The summed E-state index contributed by atoms with van der Waals surface area (Å²) in [4.78, 5) is 15.0. The second-order valence-electron chi connectivity index (χ2n) is 8.83. The molecule has 31 heavy (non-hydrogen) atoms. The summed E-state index contributed by atoms with van der Waals surface area (Å²) in [6, 6.07) is 6.53. The standard InChI is InChI=1S/C24H25F3N2O2/c25-19-12-21(27)20(26)11-17(19)16-5-4-14-2-1-3-22(18(14)10-16)28-24(30)31-23-13-29-8-6-15(23)7-9-29/h4-5,10-12,15,22-23H,1-3,6-9,13H2,(H,28,30)/t22?,23-/m1/s1. The Kier molecular flexibility index (Phi) is 5.38. The van der Waals surface area contributed by atoms with Gasteiger partial charge in [0.25, 0.3) is 0 Å². The third-order valence-corrected chi connectivity index (χ3v) is 6.93. The van der Waals surface area contributed by atoms with Gasteiger partial charge in [0.15, 0.2) is 11.6 Å². The van der Waals surface area contributed by atoms with Crippen molar-refractivity contribution in [2.45, 2.75) is 44.2 Å². The van der Waals surface area contributed by atoms with Gasteiger partial charge >= 0.3 is 6.09 Å². The van der Waals surface area contributed by atoms with Crippen molar-refractivity contribution in [1.29, 1.82) is 0 Å². The number of nitrogens with zero attached hydrogens (tertiary/aromatic N) is 1. The molecular formula is C24H25F3N2O2. The van der Waals surface area contributed by atoms with Gasteiger partial charge in [0.2, 0.25) is 0 Å². The predicted molar refractivity (Wildman–Crippen MR) is 110 cm³/mol. The van der Waals surface area contributed by atoms with Crippen molar-refractivity contribution in [3.8, 4) is 11.1 Å². The average molecular weight is 430 g/mol. The van der Waals surface area contributed by atoms with Gasteiger partial charge in [-0.05, 0) is 79.9 Å². The summed E-state index contributed by atoms with van der Waals surface area (Å²) >= 11 is 0. The number of carbonyl (C=O) groups excluding carboxylic acids is 1. The van der Waals surface area contributed by atoms with Gasteiger partial charge < -0.3 is 10.1 Å². The monoisotopic (exact) mass is 430 g/mol. The molecule has 3 heterocycles. The summed E-state index contributed by atoms with van der Waals surface area (Å²) in [7, 11) is 0. The van der Waals surface area contributed by atoms with E-state index in [2.05, 4.69) is 10.2 Å². The van der Waals surface area contributed by atoms with Gasteiger partial charge in [0, 0.05) is 18.2 Å². The molecule has 2 atom stereocenters. The van der Waals surface area contributed by atoms with E-state index in [1.807, 2.05) is 6.07 Å². The van der Waals surface area contributed by atoms with Gasteiger partial charge in [0.05, 0.1) is 6.04 Å². The molecule has 3 fully saturated rings. The van der Waals surface area contributed by atoms with E-state index < -0.39 is 23.5 Å². The van der Waals surface area contributed by atoms with E-state index in [0.29, 0.717) is 17.5 Å². The lowest BCUT2D eigenvalue weighted by Gasteiger charge is -2.44. The normalized spacial score (nSPS) is 26.9. The Morgan fingerprint density at radius 2 is 1.77 bits per heavy atom. The van der Waals surface area contributed by atoms with E-state index in [4.69, 9.17) is 4.74 Å². The minimum atomic E-state index is -1.21. The molecule has 0 aromatic heterocycles. The first-order valence-corrected chi connectivity index (χ1v) is 10.9. The van der Waals surface area contributed by atoms with Crippen LogP contribution < -0.4 is 5.32 Å². The van der Waals surface area contributed by atoms with Gasteiger partial charge in [-0.2, -0.15) is 0 Å². The van der Waals surface area contributed by atoms with Gasteiger partial charge in [-0.15, -0.1) is 0 Å². The van der Waals surface area contributed by atoms with Crippen LogP contribution >= 0.6 is 0 Å². The number of aryl methyl sites for hydroxylation is 1. The predicted octanol–water partition coefficient (Wildman–Crippen LogP) is 4.97. The molecular weight excluding hydrogens is 405 g/mol. The van der Waals surface area contributed by atoms with Crippen LogP contribution in [0.2, 0.25) is 0 Å². The number of nitrogens with one attached hydrogen (secondary N) is 1. The quantitative estimate of drug-likeness (QED) is 0.700. The molecule has 1 N–H and O–H groups in total. The van der Waals surface area contributed by atoms with Gasteiger partial charge in [-0.3, -0.25) is 4.90 Å². The van der Waals surface area contributed by atoms with Gasteiger partial charge in [0.1, 0.15) is 11.9 Å². The minimum Gasteiger partial charge on any atom is -0.445 e. The van der Waals surface area contributed by atoms with Crippen molar-refractivity contribution in [3.63, 3.8) is 0 Å². The van der Waals surface area contributed by atoms with Crippen LogP contribution in [0.15, 0.2) is 30.3 Å². The number of ether oxygens (including phenoxy) is 1. The molecule has 4 aliphatic rings. The van der Waals surface area contributed by atoms with Crippen LogP contribution in [0, 0.1) is 23.4 Å².